The van der Waals surface area contributed by atoms with Crippen molar-refractivity contribution in [2.45, 2.75) is 32.4 Å². The van der Waals surface area contributed by atoms with Gasteiger partial charge in [0.05, 0.1) is 6.61 Å². The van der Waals surface area contributed by atoms with E-state index in [0.717, 1.165) is 6.42 Å². The van der Waals surface area contributed by atoms with Crippen molar-refractivity contribution in [3.8, 4) is 0 Å². The molecule has 0 bridgehead atoms. The summed E-state index contributed by atoms with van der Waals surface area (Å²) in [7, 11) is 0. The van der Waals surface area contributed by atoms with Crippen molar-refractivity contribution in [2.75, 3.05) is 6.61 Å². The van der Waals surface area contributed by atoms with E-state index < -0.39 is 0 Å². The molecular weight excluding hydrogens is 229 g/mol. The summed E-state index contributed by atoms with van der Waals surface area (Å²) in [6.45, 7) is 4.25. The Bertz CT molecular complexity index is 353. The molecule has 1 atom stereocenters. The summed E-state index contributed by atoms with van der Waals surface area (Å²) < 4.78 is 13.4. The Balaban J connectivity index is 2.70. The van der Waals surface area contributed by atoms with E-state index >= 15 is 0 Å². The third-order valence-corrected chi connectivity index (χ3v) is 3.08. The van der Waals surface area contributed by atoms with Crippen LogP contribution in [0.5, 0.6) is 0 Å². The van der Waals surface area contributed by atoms with Crippen LogP contribution >= 0.6 is 11.6 Å². The third kappa shape index (κ3) is 3.44. The van der Waals surface area contributed by atoms with Crippen LogP contribution in [0.25, 0.3) is 0 Å². The van der Waals surface area contributed by atoms with Gasteiger partial charge in [0.1, 0.15) is 5.82 Å². The van der Waals surface area contributed by atoms with Crippen molar-refractivity contribution in [3.63, 3.8) is 0 Å². The molecule has 0 heterocycles. The number of nitrogens with one attached hydrogen (secondary N) is 1. The van der Waals surface area contributed by atoms with Gasteiger partial charge in [-0.3, -0.25) is 0 Å². The highest BCUT2D eigenvalue weighted by Crippen LogP contribution is 2.16. The van der Waals surface area contributed by atoms with E-state index in [-0.39, 0.29) is 18.0 Å². The minimum atomic E-state index is -0.380. The molecule has 0 saturated carbocycles. The molecule has 0 aliphatic rings. The first-order chi connectivity index (χ1) is 7.50. The van der Waals surface area contributed by atoms with Crippen LogP contribution in [0.4, 0.5) is 4.39 Å². The first kappa shape index (κ1) is 13.4. The van der Waals surface area contributed by atoms with Crippen LogP contribution in [0.1, 0.15) is 25.8 Å². The van der Waals surface area contributed by atoms with Gasteiger partial charge in [-0.2, -0.15) is 0 Å². The average molecular weight is 246 g/mol. The Hall–Kier alpha value is -0.640. The Labute approximate surface area is 100 Å². The van der Waals surface area contributed by atoms with E-state index in [1.165, 1.54) is 12.1 Å². The topological polar surface area (TPSA) is 32.3 Å². The molecule has 2 nitrogen and oxygen atoms in total. The van der Waals surface area contributed by atoms with Crippen molar-refractivity contribution in [3.05, 3.63) is 34.6 Å². The van der Waals surface area contributed by atoms with Crippen molar-refractivity contribution in [2.24, 2.45) is 0 Å². The minimum absolute atomic E-state index is 0.0195. The van der Waals surface area contributed by atoms with Crippen LogP contribution < -0.4 is 5.32 Å². The predicted octanol–water partition coefficient (Wildman–Crippen LogP) is 2.73. The monoisotopic (exact) mass is 245 g/mol. The van der Waals surface area contributed by atoms with Crippen LogP contribution in [0.15, 0.2) is 18.2 Å². The average Bonchev–Trinajstić information content (AvgIpc) is 2.30. The molecule has 1 aromatic carbocycles. The first-order valence-electron chi connectivity index (χ1n) is 5.30. The van der Waals surface area contributed by atoms with E-state index in [0.29, 0.717) is 17.1 Å². The lowest BCUT2D eigenvalue weighted by molar-refractivity contribution is 0.168. The molecule has 16 heavy (non-hydrogen) atoms. The molecule has 0 amide bonds. The number of halogens is 2. The van der Waals surface area contributed by atoms with Gasteiger partial charge in [0, 0.05) is 22.7 Å². The van der Waals surface area contributed by atoms with Gasteiger partial charge >= 0.3 is 0 Å². The largest absolute Gasteiger partial charge is 0.394 e. The van der Waals surface area contributed by atoms with Crippen LogP contribution in [-0.4, -0.2) is 17.3 Å². The summed E-state index contributed by atoms with van der Waals surface area (Å²) in [6, 6.07) is 4.46. The van der Waals surface area contributed by atoms with Crippen LogP contribution in [0.2, 0.25) is 5.02 Å². The fourth-order valence-electron chi connectivity index (χ4n) is 1.28. The normalized spacial score (nSPS) is 14.8. The van der Waals surface area contributed by atoms with Gasteiger partial charge in [0.15, 0.2) is 0 Å². The number of benzene rings is 1. The highest BCUT2D eigenvalue weighted by Gasteiger charge is 2.20. The Morgan fingerprint density at radius 3 is 2.75 bits per heavy atom. The Kier molecular flexibility index (Phi) is 4.71. The number of aliphatic hydroxyl groups is 1. The summed E-state index contributed by atoms with van der Waals surface area (Å²) >= 11 is 5.79. The van der Waals surface area contributed by atoms with E-state index in [1.54, 1.807) is 6.07 Å². The van der Waals surface area contributed by atoms with Gasteiger partial charge in [-0.1, -0.05) is 18.5 Å². The summed E-state index contributed by atoms with van der Waals surface area (Å²) in [5.41, 5.74) is 0.134. The highest BCUT2D eigenvalue weighted by atomic mass is 35.5. The molecule has 90 valence electrons. The smallest absolute Gasteiger partial charge is 0.127 e. The summed E-state index contributed by atoms with van der Waals surface area (Å²) in [5, 5.41) is 12.9. The van der Waals surface area contributed by atoms with Crippen molar-refractivity contribution >= 4 is 11.6 Å². The van der Waals surface area contributed by atoms with Gasteiger partial charge in [0.25, 0.3) is 0 Å². The van der Waals surface area contributed by atoms with Gasteiger partial charge in [-0.25, -0.2) is 4.39 Å². The molecular formula is C12H17ClFNO. The van der Waals surface area contributed by atoms with Gasteiger partial charge in [-0.15, -0.1) is 0 Å². The lowest BCUT2D eigenvalue weighted by Crippen LogP contribution is -2.44. The molecule has 1 aromatic rings. The molecule has 1 unspecified atom stereocenters. The molecule has 0 aliphatic carbocycles. The van der Waals surface area contributed by atoms with Crippen LogP contribution in [0.3, 0.4) is 0 Å². The highest BCUT2D eigenvalue weighted by molar-refractivity contribution is 6.30. The number of hydrogen-bond donors (Lipinski definition) is 2. The number of aliphatic hydroxyl groups excluding tert-OH is 1. The fraction of sp³-hybridized carbons (Fsp3) is 0.500. The Morgan fingerprint density at radius 1 is 1.50 bits per heavy atom. The number of rotatable bonds is 5. The molecule has 0 spiro atoms. The molecule has 0 aliphatic heterocycles. The maximum absolute atomic E-state index is 13.4. The summed E-state index contributed by atoms with van der Waals surface area (Å²) in [6.07, 6.45) is 0.770. The zero-order valence-corrected chi connectivity index (χ0v) is 10.3. The Morgan fingerprint density at radius 2 is 2.19 bits per heavy atom. The van der Waals surface area contributed by atoms with Gasteiger partial charge in [-0.05, 0) is 31.5 Å². The molecule has 2 N–H and O–H groups in total. The third-order valence-electron chi connectivity index (χ3n) is 2.84. The second-order valence-corrected chi connectivity index (χ2v) is 4.60. The van der Waals surface area contributed by atoms with E-state index in [4.69, 9.17) is 11.6 Å². The zero-order valence-electron chi connectivity index (χ0n) is 9.56. The quantitative estimate of drug-likeness (QED) is 0.836. The molecule has 4 heteroatoms. The molecule has 0 radical (unpaired) electrons. The minimum Gasteiger partial charge on any atom is -0.394 e. The lowest BCUT2D eigenvalue weighted by atomic mass is 10.00. The lowest BCUT2D eigenvalue weighted by Gasteiger charge is -2.27. The molecule has 0 aromatic heterocycles. The van der Waals surface area contributed by atoms with Crippen molar-refractivity contribution in [1.82, 2.24) is 5.32 Å². The fourth-order valence-corrected chi connectivity index (χ4v) is 1.47. The van der Waals surface area contributed by atoms with Gasteiger partial charge < -0.3 is 10.4 Å². The predicted molar refractivity (Wildman–Crippen MR) is 64.0 cm³/mol. The van der Waals surface area contributed by atoms with Crippen LogP contribution in [-0.2, 0) is 6.54 Å². The number of hydrogen-bond acceptors (Lipinski definition) is 2. The summed E-state index contributed by atoms with van der Waals surface area (Å²) in [4.78, 5) is 0. The maximum atomic E-state index is 13.4. The van der Waals surface area contributed by atoms with Crippen molar-refractivity contribution < 1.29 is 9.50 Å². The SMILES string of the molecule is CCC(C)(CO)NCc1cc(Cl)ccc1F. The van der Waals surface area contributed by atoms with Gasteiger partial charge in [0.2, 0.25) is 0 Å². The van der Waals surface area contributed by atoms with E-state index in [1.807, 2.05) is 13.8 Å². The maximum Gasteiger partial charge on any atom is 0.127 e. The first-order valence-corrected chi connectivity index (χ1v) is 5.68. The second kappa shape index (κ2) is 5.62. The van der Waals surface area contributed by atoms with E-state index in [2.05, 4.69) is 5.32 Å². The molecule has 1 rings (SSSR count). The van der Waals surface area contributed by atoms with E-state index in [9.17, 15) is 9.50 Å². The summed E-state index contributed by atoms with van der Waals surface area (Å²) in [5.74, 6) is -0.284. The standard InChI is InChI=1S/C12H17ClFNO/c1-3-12(2,8-16)15-7-9-6-10(13)4-5-11(9)14/h4-6,15-16H,3,7-8H2,1-2H3. The van der Waals surface area contributed by atoms with Crippen LogP contribution in [0, 0.1) is 5.82 Å². The molecule has 0 fully saturated rings. The van der Waals surface area contributed by atoms with Crippen molar-refractivity contribution in [1.29, 1.82) is 0 Å². The molecule has 0 saturated heterocycles. The second-order valence-electron chi connectivity index (χ2n) is 4.16. The zero-order chi connectivity index (χ0) is 12.2.